The first kappa shape index (κ1) is 22.9. The van der Waals surface area contributed by atoms with E-state index in [2.05, 4.69) is 0 Å². The van der Waals surface area contributed by atoms with Gasteiger partial charge in [-0.2, -0.15) is 4.31 Å². The van der Waals surface area contributed by atoms with Crippen molar-refractivity contribution in [3.05, 3.63) is 70.8 Å². The summed E-state index contributed by atoms with van der Waals surface area (Å²) >= 11 is 7.01. The van der Waals surface area contributed by atoms with E-state index in [-0.39, 0.29) is 4.21 Å². The quantitative estimate of drug-likeness (QED) is 0.352. The van der Waals surface area contributed by atoms with E-state index in [1.807, 2.05) is 53.2 Å². The molecule has 0 amide bonds. The van der Waals surface area contributed by atoms with E-state index in [0.717, 1.165) is 39.4 Å². The Balaban J connectivity index is 1.39. The average Bonchev–Trinajstić information content (AvgIpc) is 3.50. The van der Waals surface area contributed by atoms with Gasteiger partial charge in [-0.3, -0.25) is 0 Å². The lowest BCUT2D eigenvalue weighted by Crippen LogP contribution is -2.34. The van der Waals surface area contributed by atoms with Gasteiger partial charge in [-0.1, -0.05) is 17.7 Å². The number of thiophene rings is 1. The largest absolute Gasteiger partial charge is 0.493 e. The first-order valence-corrected chi connectivity index (χ1v) is 13.2. The molecule has 1 aromatic carbocycles. The molecular formula is C24H22ClN3O4S2. The van der Waals surface area contributed by atoms with Gasteiger partial charge in [0.2, 0.25) is 0 Å². The number of ether oxygens (including phenoxy) is 2. The zero-order chi connectivity index (χ0) is 23.9. The van der Waals surface area contributed by atoms with Crippen molar-refractivity contribution in [2.75, 3.05) is 27.3 Å². The first-order chi connectivity index (χ1) is 16.4. The lowest BCUT2D eigenvalue weighted by molar-refractivity contribution is 0.355. The first-order valence-electron chi connectivity index (χ1n) is 10.5. The Hall–Kier alpha value is -2.85. The molecule has 4 aromatic rings. The third kappa shape index (κ3) is 4.20. The van der Waals surface area contributed by atoms with Gasteiger partial charge < -0.3 is 13.9 Å². The summed E-state index contributed by atoms with van der Waals surface area (Å²) in [6.07, 6.45) is 6.60. The number of pyridine rings is 1. The van der Waals surface area contributed by atoms with Crippen LogP contribution in [0.25, 0.3) is 22.5 Å². The zero-order valence-electron chi connectivity index (χ0n) is 18.6. The molecule has 0 radical (unpaired) electrons. The fraction of sp³-hybridized carbons (Fsp3) is 0.208. The van der Waals surface area contributed by atoms with Crippen LogP contribution in [0.2, 0.25) is 4.34 Å². The van der Waals surface area contributed by atoms with Gasteiger partial charge in [0, 0.05) is 31.0 Å². The summed E-state index contributed by atoms with van der Waals surface area (Å²) < 4.78 is 40.7. The Morgan fingerprint density at radius 3 is 2.47 bits per heavy atom. The lowest BCUT2D eigenvalue weighted by atomic mass is 10.0. The summed E-state index contributed by atoms with van der Waals surface area (Å²) in [7, 11) is -0.315. The van der Waals surface area contributed by atoms with Crippen LogP contribution in [0.3, 0.4) is 0 Å². The molecule has 4 heterocycles. The standard InChI is InChI=1S/C24H22ClN3O4S2/c1-31-20-5-3-17(13-21(20)32-2)19-15-27-14-18(4-7-23(27)26-19)16-9-11-28(12-10-16)34(29,30)24-8-6-22(25)33-24/h3-9,13-15H,10-12H2,1-2H3. The van der Waals surface area contributed by atoms with E-state index in [1.165, 1.54) is 4.31 Å². The minimum Gasteiger partial charge on any atom is -0.493 e. The number of hydrogen-bond acceptors (Lipinski definition) is 6. The van der Waals surface area contributed by atoms with E-state index in [9.17, 15) is 8.42 Å². The van der Waals surface area contributed by atoms with Gasteiger partial charge >= 0.3 is 0 Å². The number of imidazole rings is 1. The normalized spacial score (nSPS) is 14.9. The van der Waals surface area contributed by atoms with Gasteiger partial charge in [0.15, 0.2) is 11.5 Å². The molecule has 0 saturated carbocycles. The van der Waals surface area contributed by atoms with Crippen molar-refractivity contribution in [2.24, 2.45) is 0 Å². The van der Waals surface area contributed by atoms with E-state index in [1.54, 1.807) is 26.4 Å². The van der Waals surface area contributed by atoms with E-state index < -0.39 is 10.0 Å². The van der Waals surface area contributed by atoms with Crippen molar-refractivity contribution >= 4 is 44.2 Å². The van der Waals surface area contributed by atoms with Crippen molar-refractivity contribution in [3.8, 4) is 22.8 Å². The van der Waals surface area contributed by atoms with Crippen LogP contribution >= 0.6 is 22.9 Å². The molecule has 1 aliphatic heterocycles. The maximum Gasteiger partial charge on any atom is 0.252 e. The highest BCUT2D eigenvalue weighted by atomic mass is 35.5. The Morgan fingerprint density at radius 1 is 1.00 bits per heavy atom. The lowest BCUT2D eigenvalue weighted by Gasteiger charge is -2.25. The number of methoxy groups -OCH3 is 2. The fourth-order valence-electron chi connectivity index (χ4n) is 4.01. The summed E-state index contributed by atoms with van der Waals surface area (Å²) in [5.74, 6) is 1.31. The third-order valence-corrected chi connectivity index (χ3v) is 9.38. The molecule has 0 unspecified atom stereocenters. The molecular weight excluding hydrogens is 494 g/mol. The van der Waals surface area contributed by atoms with Crippen molar-refractivity contribution in [3.63, 3.8) is 0 Å². The van der Waals surface area contributed by atoms with Gasteiger partial charge in [-0.25, -0.2) is 13.4 Å². The van der Waals surface area contributed by atoms with Crippen molar-refractivity contribution in [1.82, 2.24) is 13.7 Å². The second kappa shape index (κ2) is 9.07. The molecule has 7 nitrogen and oxygen atoms in total. The molecule has 0 atom stereocenters. The zero-order valence-corrected chi connectivity index (χ0v) is 21.0. The number of benzene rings is 1. The highest BCUT2D eigenvalue weighted by Crippen LogP contribution is 2.33. The topological polar surface area (TPSA) is 73.1 Å². The summed E-state index contributed by atoms with van der Waals surface area (Å²) in [5.41, 5.74) is 4.72. The van der Waals surface area contributed by atoms with Gasteiger partial charge in [0.25, 0.3) is 10.0 Å². The molecule has 0 aliphatic carbocycles. The molecule has 0 spiro atoms. The number of sulfonamides is 1. The molecule has 0 saturated heterocycles. The van der Waals surface area contributed by atoms with Crippen LogP contribution in [0.4, 0.5) is 0 Å². The Bertz CT molecular complexity index is 1510. The SMILES string of the molecule is COc1ccc(-c2cn3cc(C4=CCN(S(=O)(=O)c5ccc(Cl)s5)CC4)ccc3n2)cc1OC. The minimum absolute atomic E-state index is 0.275. The third-order valence-electron chi connectivity index (χ3n) is 5.82. The minimum atomic E-state index is -3.53. The molecule has 176 valence electrons. The van der Waals surface area contributed by atoms with Crippen LogP contribution in [-0.4, -0.2) is 49.4 Å². The highest BCUT2D eigenvalue weighted by Gasteiger charge is 2.28. The number of halogens is 1. The van der Waals surface area contributed by atoms with Crippen molar-refractivity contribution in [1.29, 1.82) is 0 Å². The Labute approximate surface area is 206 Å². The summed E-state index contributed by atoms with van der Waals surface area (Å²) in [6.45, 7) is 0.745. The Kier molecular flexibility index (Phi) is 6.11. The maximum absolute atomic E-state index is 12.9. The van der Waals surface area contributed by atoms with Crippen LogP contribution in [0.1, 0.15) is 12.0 Å². The molecule has 0 N–H and O–H groups in total. The summed E-state index contributed by atoms with van der Waals surface area (Å²) in [6, 6.07) is 12.9. The van der Waals surface area contributed by atoms with Gasteiger partial charge in [0.05, 0.1) is 24.2 Å². The monoisotopic (exact) mass is 515 g/mol. The van der Waals surface area contributed by atoms with Crippen LogP contribution in [0, 0.1) is 0 Å². The predicted octanol–water partition coefficient (Wildman–Crippen LogP) is 5.21. The predicted molar refractivity (Wildman–Crippen MR) is 134 cm³/mol. The Morgan fingerprint density at radius 2 is 1.79 bits per heavy atom. The molecule has 5 rings (SSSR count). The van der Waals surface area contributed by atoms with Gasteiger partial charge in [0.1, 0.15) is 9.86 Å². The van der Waals surface area contributed by atoms with Crippen LogP contribution in [0.15, 0.2) is 65.1 Å². The van der Waals surface area contributed by atoms with E-state index >= 15 is 0 Å². The van der Waals surface area contributed by atoms with Crippen molar-refractivity contribution in [2.45, 2.75) is 10.6 Å². The molecule has 10 heteroatoms. The number of nitrogens with zero attached hydrogens (tertiary/aromatic N) is 3. The van der Waals surface area contributed by atoms with E-state index in [4.69, 9.17) is 26.1 Å². The second-order valence-corrected chi connectivity index (χ2v) is 11.7. The smallest absolute Gasteiger partial charge is 0.252 e. The molecule has 3 aromatic heterocycles. The fourth-order valence-corrected chi connectivity index (χ4v) is 7.03. The number of hydrogen-bond donors (Lipinski definition) is 0. The number of fused-ring (bicyclic) bond motifs is 1. The number of aromatic nitrogens is 2. The van der Waals surface area contributed by atoms with Crippen LogP contribution in [-0.2, 0) is 10.0 Å². The van der Waals surface area contributed by atoms with Gasteiger partial charge in [-0.15, -0.1) is 11.3 Å². The maximum atomic E-state index is 12.9. The van der Waals surface area contributed by atoms with Gasteiger partial charge in [-0.05, 0) is 60.0 Å². The van der Waals surface area contributed by atoms with Crippen LogP contribution in [0.5, 0.6) is 11.5 Å². The summed E-state index contributed by atoms with van der Waals surface area (Å²) in [4.78, 5) is 4.73. The molecule has 0 bridgehead atoms. The summed E-state index contributed by atoms with van der Waals surface area (Å²) in [5, 5.41) is 0. The highest BCUT2D eigenvalue weighted by molar-refractivity contribution is 7.91. The second-order valence-electron chi connectivity index (χ2n) is 7.78. The average molecular weight is 516 g/mol. The van der Waals surface area contributed by atoms with Crippen molar-refractivity contribution < 1.29 is 17.9 Å². The molecule has 34 heavy (non-hydrogen) atoms. The molecule has 0 fully saturated rings. The van der Waals surface area contributed by atoms with E-state index in [0.29, 0.717) is 35.3 Å². The number of rotatable bonds is 6. The molecule has 1 aliphatic rings. The van der Waals surface area contributed by atoms with Crippen LogP contribution < -0.4 is 9.47 Å².